The topological polar surface area (TPSA) is 124 Å². The zero-order valence-electron chi connectivity index (χ0n) is 24.4. The van der Waals surface area contributed by atoms with Gasteiger partial charge in [0.05, 0.1) is 11.3 Å². The molecule has 0 bridgehead atoms. The van der Waals surface area contributed by atoms with Crippen LogP contribution in [0.1, 0.15) is 93.5 Å². The quantitative estimate of drug-likeness (QED) is 0.472. The molecule has 1 aromatic rings. The van der Waals surface area contributed by atoms with E-state index in [1.807, 2.05) is 20.8 Å². The molecular formula is C29H45N3O6S. The summed E-state index contributed by atoms with van der Waals surface area (Å²) in [6, 6.07) is 4.24. The van der Waals surface area contributed by atoms with E-state index in [1.165, 1.54) is 6.07 Å². The fourth-order valence-corrected chi connectivity index (χ4v) is 7.02. The van der Waals surface area contributed by atoms with Crippen LogP contribution in [0, 0.1) is 5.92 Å². The molecule has 2 amide bonds. The number of aromatic carboxylic acids is 1. The molecule has 1 unspecified atom stereocenters. The molecule has 3 rings (SSSR count). The SMILES string of the molecule is CCS(=O)(=O)C[C@@H]1C[C@H](N(C)C(C)C)CC[C@@H]1N1CCC(NC(=O)c2cc(C(=O)O)cc(C(C)(C)C)c2)C1=O. The molecule has 1 saturated carbocycles. The Morgan fingerprint density at radius 2 is 1.77 bits per heavy atom. The van der Waals surface area contributed by atoms with Crippen molar-refractivity contribution in [3.8, 4) is 0 Å². The molecule has 1 aromatic carbocycles. The molecule has 39 heavy (non-hydrogen) atoms. The van der Waals surface area contributed by atoms with Crippen LogP contribution in [-0.2, 0) is 20.0 Å². The lowest BCUT2D eigenvalue weighted by Crippen LogP contribution is -2.53. The average Bonchev–Trinajstić information content (AvgIpc) is 3.21. The summed E-state index contributed by atoms with van der Waals surface area (Å²) >= 11 is 0. The molecule has 2 fully saturated rings. The molecular weight excluding hydrogens is 518 g/mol. The number of nitrogens with one attached hydrogen (secondary N) is 1. The third kappa shape index (κ3) is 7.39. The van der Waals surface area contributed by atoms with E-state index >= 15 is 0 Å². The van der Waals surface area contributed by atoms with E-state index < -0.39 is 27.8 Å². The van der Waals surface area contributed by atoms with Crippen molar-refractivity contribution in [2.24, 2.45) is 5.92 Å². The van der Waals surface area contributed by atoms with Crippen molar-refractivity contribution in [3.05, 3.63) is 34.9 Å². The number of rotatable bonds is 9. The fourth-order valence-electron chi connectivity index (χ4n) is 5.77. The summed E-state index contributed by atoms with van der Waals surface area (Å²) in [6.07, 6.45) is 2.72. The normalized spacial score (nSPS) is 24.4. The summed E-state index contributed by atoms with van der Waals surface area (Å²) in [4.78, 5) is 42.5. The van der Waals surface area contributed by atoms with Gasteiger partial charge in [0.2, 0.25) is 5.91 Å². The molecule has 0 radical (unpaired) electrons. The number of hydrogen-bond acceptors (Lipinski definition) is 6. The summed E-state index contributed by atoms with van der Waals surface area (Å²) in [5, 5.41) is 12.4. The Bertz CT molecular complexity index is 1190. The lowest BCUT2D eigenvalue weighted by Gasteiger charge is -2.44. The molecule has 1 heterocycles. The molecule has 9 nitrogen and oxygen atoms in total. The van der Waals surface area contributed by atoms with Gasteiger partial charge in [-0.15, -0.1) is 0 Å². The number of carboxylic acid groups (broad SMARTS) is 1. The molecule has 10 heteroatoms. The van der Waals surface area contributed by atoms with Crippen LogP contribution >= 0.6 is 0 Å². The average molecular weight is 564 g/mol. The first-order valence-electron chi connectivity index (χ1n) is 14.0. The molecule has 2 aliphatic rings. The number of carbonyl (C=O) groups is 3. The van der Waals surface area contributed by atoms with Crippen molar-refractivity contribution < 1.29 is 27.9 Å². The molecule has 1 aliphatic heterocycles. The highest BCUT2D eigenvalue weighted by atomic mass is 32.2. The highest BCUT2D eigenvalue weighted by Crippen LogP contribution is 2.35. The van der Waals surface area contributed by atoms with Crippen LogP contribution in [-0.4, -0.2) is 90.4 Å². The highest BCUT2D eigenvalue weighted by Gasteiger charge is 2.44. The molecule has 1 saturated heterocycles. The van der Waals surface area contributed by atoms with Crippen LogP contribution in [0.15, 0.2) is 18.2 Å². The van der Waals surface area contributed by atoms with Gasteiger partial charge in [0, 0.05) is 36.0 Å². The first-order chi connectivity index (χ1) is 18.0. The zero-order valence-corrected chi connectivity index (χ0v) is 25.2. The summed E-state index contributed by atoms with van der Waals surface area (Å²) in [6.45, 7) is 12.2. The predicted octanol–water partition coefficient (Wildman–Crippen LogP) is 3.33. The van der Waals surface area contributed by atoms with Gasteiger partial charge in [-0.3, -0.25) is 9.59 Å². The first kappa shape index (κ1) is 31.1. The number of hydrogen-bond donors (Lipinski definition) is 2. The number of sulfone groups is 1. The van der Waals surface area contributed by atoms with E-state index in [0.29, 0.717) is 31.8 Å². The maximum Gasteiger partial charge on any atom is 0.335 e. The summed E-state index contributed by atoms with van der Waals surface area (Å²) < 4.78 is 25.3. The lowest BCUT2D eigenvalue weighted by atomic mass is 9.81. The Balaban J connectivity index is 1.79. The van der Waals surface area contributed by atoms with Crippen LogP contribution in [0.3, 0.4) is 0 Å². The lowest BCUT2D eigenvalue weighted by molar-refractivity contribution is -0.133. The minimum absolute atomic E-state index is 0.0232. The highest BCUT2D eigenvalue weighted by molar-refractivity contribution is 7.91. The van der Waals surface area contributed by atoms with Crippen molar-refractivity contribution in [2.45, 2.75) is 96.8 Å². The number of nitrogens with zero attached hydrogens (tertiary/aromatic N) is 2. The second-order valence-electron chi connectivity index (χ2n) is 12.5. The zero-order chi connectivity index (χ0) is 29.3. The Morgan fingerprint density at radius 3 is 2.33 bits per heavy atom. The van der Waals surface area contributed by atoms with Crippen LogP contribution in [0.4, 0.5) is 0 Å². The van der Waals surface area contributed by atoms with Gasteiger partial charge in [0.1, 0.15) is 15.9 Å². The fraction of sp³-hybridized carbons (Fsp3) is 0.690. The van der Waals surface area contributed by atoms with Gasteiger partial charge in [0.25, 0.3) is 5.91 Å². The van der Waals surface area contributed by atoms with Crippen LogP contribution < -0.4 is 5.32 Å². The van der Waals surface area contributed by atoms with Gasteiger partial charge in [-0.25, -0.2) is 13.2 Å². The first-order valence-corrected chi connectivity index (χ1v) is 15.8. The Kier molecular flexibility index (Phi) is 9.53. The number of benzene rings is 1. The molecule has 0 aromatic heterocycles. The summed E-state index contributed by atoms with van der Waals surface area (Å²) in [5.74, 6) is -1.86. The van der Waals surface area contributed by atoms with Gasteiger partial charge in [0.15, 0.2) is 0 Å². The van der Waals surface area contributed by atoms with Crippen LogP contribution in [0.5, 0.6) is 0 Å². The van der Waals surface area contributed by atoms with Crippen molar-refractivity contribution in [2.75, 3.05) is 25.1 Å². The maximum absolute atomic E-state index is 13.5. The van der Waals surface area contributed by atoms with Gasteiger partial charge >= 0.3 is 5.97 Å². The smallest absolute Gasteiger partial charge is 0.335 e. The number of likely N-dealkylation sites (tertiary alicyclic amines) is 1. The minimum atomic E-state index is -3.24. The Hall–Kier alpha value is -2.46. The van der Waals surface area contributed by atoms with E-state index in [1.54, 1.807) is 24.0 Å². The third-order valence-electron chi connectivity index (χ3n) is 8.47. The van der Waals surface area contributed by atoms with Gasteiger partial charge in [-0.1, -0.05) is 27.7 Å². The van der Waals surface area contributed by atoms with E-state index in [2.05, 4.69) is 31.1 Å². The molecule has 1 aliphatic carbocycles. The summed E-state index contributed by atoms with van der Waals surface area (Å²) in [7, 11) is -1.17. The van der Waals surface area contributed by atoms with E-state index in [0.717, 1.165) is 12.0 Å². The Labute approximate surface area is 233 Å². The number of carboxylic acids is 1. The number of carbonyl (C=O) groups excluding carboxylic acids is 2. The van der Waals surface area contributed by atoms with E-state index in [9.17, 15) is 27.9 Å². The minimum Gasteiger partial charge on any atom is -0.478 e. The molecule has 218 valence electrons. The maximum atomic E-state index is 13.5. The third-order valence-corrected chi connectivity index (χ3v) is 10.3. The Morgan fingerprint density at radius 1 is 1.13 bits per heavy atom. The van der Waals surface area contributed by atoms with Crippen molar-refractivity contribution in [1.29, 1.82) is 0 Å². The standard InChI is InChI=1S/C29H45N3O6S/c1-8-39(37,38)17-21-16-23(31(7)18(2)3)9-10-25(21)32-12-11-24(27(32)34)30-26(33)19-13-20(28(35)36)15-22(14-19)29(4,5)6/h13-15,18,21,23-25H,8-12,16-17H2,1-7H3,(H,30,33)(H,35,36)/t21-,23+,24?,25-/m0/s1. The van der Waals surface area contributed by atoms with Crippen LogP contribution in [0.25, 0.3) is 0 Å². The second kappa shape index (κ2) is 12.0. The van der Waals surface area contributed by atoms with Gasteiger partial charge in [-0.05, 0) is 81.7 Å². The second-order valence-corrected chi connectivity index (χ2v) is 14.9. The van der Waals surface area contributed by atoms with Crippen molar-refractivity contribution in [1.82, 2.24) is 15.1 Å². The number of amides is 2. The van der Waals surface area contributed by atoms with Crippen molar-refractivity contribution in [3.63, 3.8) is 0 Å². The molecule has 2 N–H and O–H groups in total. The molecule has 0 spiro atoms. The van der Waals surface area contributed by atoms with E-state index in [4.69, 9.17) is 0 Å². The van der Waals surface area contributed by atoms with Crippen molar-refractivity contribution >= 4 is 27.6 Å². The predicted molar refractivity (Wildman–Crippen MR) is 152 cm³/mol. The van der Waals surface area contributed by atoms with Gasteiger partial charge < -0.3 is 20.2 Å². The monoisotopic (exact) mass is 563 g/mol. The largest absolute Gasteiger partial charge is 0.478 e. The van der Waals surface area contributed by atoms with E-state index in [-0.39, 0.29) is 52.0 Å². The summed E-state index contributed by atoms with van der Waals surface area (Å²) in [5.41, 5.74) is 0.580. The van der Waals surface area contributed by atoms with Gasteiger partial charge in [-0.2, -0.15) is 0 Å². The van der Waals surface area contributed by atoms with Crippen LogP contribution in [0.2, 0.25) is 0 Å². The molecule has 4 atom stereocenters.